The number of carbonyl (C=O) groups excluding carboxylic acids is 2. The molecule has 2 aromatic carbocycles. The first-order chi connectivity index (χ1) is 11.7. The molecule has 25 heavy (non-hydrogen) atoms. The van der Waals surface area contributed by atoms with Gasteiger partial charge in [-0.05, 0) is 36.4 Å². The Kier molecular flexibility index (Phi) is 5.17. The second kappa shape index (κ2) is 7.13. The van der Waals surface area contributed by atoms with Crippen LogP contribution in [0.1, 0.15) is 15.9 Å². The van der Waals surface area contributed by atoms with Gasteiger partial charge in [0, 0.05) is 11.3 Å². The van der Waals surface area contributed by atoms with E-state index in [9.17, 15) is 27.2 Å². The van der Waals surface area contributed by atoms with Crippen LogP contribution in [0.4, 0.5) is 23.2 Å². The van der Waals surface area contributed by atoms with E-state index in [-0.39, 0.29) is 11.3 Å². The van der Waals surface area contributed by atoms with Crippen molar-refractivity contribution in [3.8, 4) is 6.07 Å². The lowest BCUT2D eigenvalue weighted by atomic mass is 9.97. The van der Waals surface area contributed by atoms with Crippen molar-refractivity contribution in [3.63, 3.8) is 0 Å². The van der Waals surface area contributed by atoms with E-state index in [0.717, 1.165) is 24.3 Å². The van der Waals surface area contributed by atoms with Crippen molar-refractivity contribution in [1.82, 2.24) is 0 Å². The summed E-state index contributed by atoms with van der Waals surface area (Å²) in [7, 11) is 0. The zero-order valence-corrected chi connectivity index (χ0v) is 12.5. The topological polar surface area (TPSA) is 70.0 Å². The van der Waals surface area contributed by atoms with Crippen molar-refractivity contribution in [3.05, 3.63) is 65.5 Å². The summed E-state index contributed by atoms with van der Waals surface area (Å²) >= 11 is 0. The number of nitrogens with zero attached hydrogens (tertiary/aromatic N) is 1. The predicted octanol–water partition coefficient (Wildman–Crippen LogP) is 3.81. The molecule has 1 atom stereocenters. The fourth-order valence-corrected chi connectivity index (χ4v) is 1.97. The maximum absolute atomic E-state index is 12.8. The number of alkyl halides is 3. The average Bonchev–Trinajstić information content (AvgIpc) is 2.57. The molecule has 0 aromatic heterocycles. The first kappa shape index (κ1) is 18.1. The molecule has 4 nitrogen and oxygen atoms in total. The summed E-state index contributed by atoms with van der Waals surface area (Å²) in [6.45, 7) is 0. The summed E-state index contributed by atoms with van der Waals surface area (Å²) in [5, 5.41) is 11.3. The Bertz CT molecular complexity index is 822. The minimum absolute atomic E-state index is 0.173. The van der Waals surface area contributed by atoms with Crippen LogP contribution in [0, 0.1) is 23.1 Å². The van der Waals surface area contributed by atoms with E-state index in [1.165, 1.54) is 18.2 Å². The molecule has 1 unspecified atom stereocenters. The first-order valence-corrected chi connectivity index (χ1v) is 6.90. The summed E-state index contributed by atoms with van der Waals surface area (Å²) in [5.74, 6) is -4.17. The molecule has 8 heteroatoms. The minimum atomic E-state index is -4.56. The number of nitriles is 1. The summed E-state index contributed by atoms with van der Waals surface area (Å²) in [5.41, 5.74) is -0.978. The van der Waals surface area contributed by atoms with E-state index in [2.05, 4.69) is 5.32 Å². The molecule has 0 fully saturated rings. The number of amides is 1. The second-order valence-electron chi connectivity index (χ2n) is 5.00. The third kappa shape index (κ3) is 4.41. The fraction of sp³-hybridized carbons (Fsp3) is 0.118. The summed E-state index contributed by atoms with van der Waals surface area (Å²) < 4.78 is 50.4. The highest BCUT2D eigenvalue weighted by Gasteiger charge is 2.32. The van der Waals surface area contributed by atoms with Gasteiger partial charge in [0.1, 0.15) is 5.82 Å². The number of rotatable bonds is 4. The van der Waals surface area contributed by atoms with Crippen LogP contribution in [-0.4, -0.2) is 11.7 Å². The van der Waals surface area contributed by atoms with Gasteiger partial charge in [0.25, 0.3) is 0 Å². The molecule has 2 aromatic rings. The normalized spacial score (nSPS) is 12.1. The molecule has 0 aliphatic heterocycles. The SMILES string of the molecule is N#CC(C(=O)Nc1ccc(F)cc1)C(=O)c1ccc(C(F)(F)F)cc1. The predicted molar refractivity (Wildman–Crippen MR) is 79.9 cm³/mol. The van der Waals surface area contributed by atoms with Crippen LogP contribution in [-0.2, 0) is 11.0 Å². The molecule has 1 N–H and O–H groups in total. The number of halogens is 4. The number of hydrogen-bond acceptors (Lipinski definition) is 3. The van der Waals surface area contributed by atoms with Gasteiger partial charge in [-0.3, -0.25) is 9.59 Å². The molecule has 0 aliphatic rings. The van der Waals surface area contributed by atoms with Crippen molar-refractivity contribution in [2.75, 3.05) is 5.32 Å². The molecule has 0 heterocycles. The van der Waals surface area contributed by atoms with Gasteiger partial charge >= 0.3 is 6.18 Å². The highest BCUT2D eigenvalue weighted by atomic mass is 19.4. The molecular weight excluding hydrogens is 340 g/mol. The van der Waals surface area contributed by atoms with Crippen molar-refractivity contribution in [2.45, 2.75) is 6.18 Å². The van der Waals surface area contributed by atoms with Crippen molar-refractivity contribution in [1.29, 1.82) is 5.26 Å². The number of nitrogens with one attached hydrogen (secondary N) is 1. The van der Waals surface area contributed by atoms with Gasteiger partial charge in [-0.25, -0.2) is 4.39 Å². The molecule has 0 saturated heterocycles. The van der Waals surface area contributed by atoms with Gasteiger partial charge in [0.05, 0.1) is 11.6 Å². The molecule has 2 rings (SSSR count). The van der Waals surface area contributed by atoms with Crippen molar-refractivity contribution in [2.24, 2.45) is 5.92 Å². The maximum Gasteiger partial charge on any atom is 0.416 e. The lowest BCUT2D eigenvalue weighted by Crippen LogP contribution is -2.28. The van der Waals surface area contributed by atoms with Crippen molar-refractivity contribution >= 4 is 17.4 Å². The molecule has 0 aliphatic carbocycles. The molecule has 128 valence electrons. The smallest absolute Gasteiger partial charge is 0.325 e. The monoisotopic (exact) mass is 350 g/mol. The van der Waals surface area contributed by atoms with Gasteiger partial charge in [-0.15, -0.1) is 0 Å². The highest BCUT2D eigenvalue weighted by Crippen LogP contribution is 2.29. The third-order valence-electron chi connectivity index (χ3n) is 3.26. The van der Waals surface area contributed by atoms with Crippen molar-refractivity contribution < 1.29 is 27.2 Å². The number of carbonyl (C=O) groups is 2. The molecule has 0 bridgehead atoms. The maximum atomic E-state index is 12.8. The summed E-state index contributed by atoms with van der Waals surface area (Å²) in [6, 6.07) is 9.35. The number of ketones is 1. The van der Waals surface area contributed by atoms with Crippen LogP contribution in [0.3, 0.4) is 0 Å². The number of benzene rings is 2. The van der Waals surface area contributed by atoms with Gasteiger partial charge in [0.15, 0.2) is 11.7 Å². The van der Waals surface area contributed by atoms with E-state index in [1.54, 1.807) is 0 Å². The Hall–Kier alpha value is -3.21. The Labute approximate surface area is 139 Å². The number of Topliss-reactive ketones (excluding diaryl/α,β-unsaturated/α-hetero) is 1. The number of anilines is 1. The summed E-state index contributed by atoms with van der Waals surface area (Å²) in [6.07, 6.45) is -4.56. The molecule has 1 amide bonds. The van der Waals surface area contributed by atoms with E-state index < -0.39 is 35.2 Å². The van der Waals surface area contributed by atoms with Crippen LogP contribution in [0.5, 0.6) is 0 Å². The molecular formula is C17H10F4N2O2. The molecule has 0 spiro atoms. The first-order valence-electron chi connectivity index (χ1n) is 6.90. The molecule has 0 radical (unpaired) electrons. The minimum Gasteiger partial charge on any atom is -0.325 e. The zero-order valence-electron chi connectivity index (χ0n) is 12.5. The van der Waals surface area contributed by atoms with Gasteiger partial charge < -0.3 is 5.32 Å². The van der Waals surface area contributed by atoms with Crippen LogP contribution in [0.15, 0.2) is 48.5 Å². The second-order valence-corrected chi connectivity index (χ2v) is 5.00. The fourth-order valence-electron chi connectivity index (χ4n) is 1.97. The van der Waals surface area contributed by atoms with Crippen LogP contribution in [0.25, 0.3) is 0 Å². The lowest BCUT2D eigenvalue weighted by Gasteiger charge is -2.11. The van der Waals surface area contributed by atoms with Gasteiger partial charge in [-0.1, -0.05) is 12.1 Å². The Morgan fingerprint density at radius 2 is 1.56 bits per heavy atom. The quantitative estimate of drug-likeness (QED) is 0.518. The Balaban J connectivity index is 2.16. The standard InChI is InChI=1S/C17H10F4N2O2/c18-12-5-7-13(8-6-12)23-16(25)14(9-22)15(24)10-1-3-11(4-2-10)17(19,20)21/h1-8,14H,(H,23,25). The van der Waals surface area contributed by atoms with Crippen LogP contribution < -0.4 is 5.32 Å². The van der Waals surface area contributed by atoms with Gasteiger partial charge in [0.2, 0.25) is 5.91 Å². The van der Waals surface area contributed by atoms with E-state index in [1.807, 2.05) is 0 Å². The lowest BCUT2D eigenvalue weighted by molar-refractivity contribution is -0.137. The van der Waals surface area contributed by atoms with Crippen LogP contribution >= 0.6 is 0 Å². The zero-order chi connectivity index (χ0) is 18.6. The van der Waals surface area contributed by atoms with E-state index >= 15 is 0 Å². The van der Waals surface area contributed by atoms with E-state index in [4.69, 9.17) is 5.26 Å². The molecule has 0 saturated carbocycles. The Morgan fingerprint density at radius 1 is 1.00 bits per heavy atom. The largest absolute Gasteiger partial charge is 0.416 e. The number of hydrogen-bond donors (Lipinski definition) is 1. The highest BCUT2D eigenvalue weighted by molar-refractivity contribution is 6.15. The average molecular weight is 350 g/mol. The Morgan fingerprint density at radius 3 is 2.04 bits per heavy atom. The summed E-state index contributed by atoms with van der Waals surface area (Å²) in [4.78, 5) is 24.2. The third-order valence-corrected chi connectivity index (χ3v) is 3.26. The van der Waals surface area contributed by atoms with Gasteiger partial charge in [-0.2, -0.15) is 18.4 Å². The van der Waals surface area contributed by atoms with E-state index in [0.29, 0.717) is 12.1 Å². The van der Waals surface area contributed by atoms with Crippen LogP contribution in [0.2, 0.25) is 0 Å².